The minimum Gasteiger partial charge on any atom is -0.439 e. The highest BCUT2D eigenvalue weighted by Crippen LogP contribution is 2.23. The number of hydrogen-bond acceptors (Lipinski definition) is 4. The fraction of sp³-hybridized carbons (Fsp3) is 0.125. The zero-order chi connectivity index (χ0) is 21.6. The summed E-state index contributed by atoms with van der Waals surface area (Å²) in [4.78, 5) is 21.1. The zero-order valence-corrected chi connectivity index (χ0v) is 17.4. The third-order valence-electron chi connectivity index (χ3n) is 4.65. The maximum absolute atomic E-state index is 12.3. The summed E-state index contributed by atoms with van der Waals surface area (Å²) in [5.74, 6) is 2.41. The van der Waals surface area contributed by atoms with Gasteiger partial charge in [0.2, 0.25) is 5.88 Å². The lowest BCUT2D eigenvalue weighted by atomic mass is 10.1. The Morgan fingerprint density at radius 2 is 1.71 bits per heavy atom. The average Bonchev–Trinajstić information content (AvgIpc) is 3.30. The molecule has 2 N–H and O–H groups in total. The van der Waals surface area contributed by atoms with Gasteiger partial charge in [0.1, 0.15) is 17.4 Å². The highest BCUT2D eigenvalue weighted by Gasteiger charge is 2.08. The Morgan fingerprint density at radius 1 is 0.968 bits per heavy atom. The number of aryl methyl sites for hydroxylation is 2. The Balaban J connectivity index is 1.41. The van der Waals surface area contributed by atoms with E-state index in [0.717, 1.165) is 23.5 Å². The summed E-state index contributed by atoms with van der Waals surface area (Å²) in [7, 11) is 0. The van der Waals surface area contributed by atoms with Crippen LogP contribution in [0, 0.1) is 6.92 Å². The molecule has 0 aliphatic heterocycles. The minimum absolute atomic E-state index is 0.294. The van der Waals surface area contributed by atoms with Crippen LogP contribution in [0.3, 0.4) is 0 Å². The standard InChI is InChI=1S/C24H23N5O2/c1-3-18-8-4-5-9-21(18)28-24(30)27-19-10-12-20(13-11-19)31-23-16-22(25-17(2)26-23)29-14-6-7-15-29/h4-16H,3H2,1-2H3,(H2,27,28,30). The first-order chi connectivity index (χ1) is 15.1. The van der Waals surface area contributed by atoms with Gasteiger partial charge in [-0.3, -0.25) is 0 Å². The van der Waals surface area contributed by atoms with E-state index in [4.69, 9.17) is 4.74 Å². The molecule has 2 amide bonds. The van der Waals surface area contributed by atoms with Gasteiger partial charge in [0.25, 0.3) is 0 Å². The van der Waals surface area contributed by atoms with Crippen LogP contribution in [0.25, 0.3) is 5.82 Å². The molecule has 0 spiro atoms. The van der Waals surface area contributed by atoms with Crippen molar-refractivity contribution in [1.82, 2.24) is 14.5 Å². The molecule has 0 aliphatic rings. The summed E-state index contributed by atoms with van der Waals surface area (Å²) in [6.45, 7) is 3.87. The van der Waals surface area contributed by atoms with Gasteiger partial charge in [0.05, 0.1) is 0 Å². The molecule has 0 aliphatic carbocycles. The van der Waals surface area contributed by atoms with Gasteiger partial charge < -0.3 is 19.9 Å². The van der Waals surface area contributed by atoms with Gasteiger partial charge in [-0.05, 0) is 61.4 Å². The third kappa shape index (κ3) is 5.08. The van der Waals surface area contributed by atoms with Crippen LogP contribution in [-0.4, -0.2) is 20.6 Å². The van der Waals surface area contributed by atoms with E-state index in [1.165, 1.54) is 0 Å². The molecule has 4 aromatic rings. The van der Waals surface area contributed by atoms with Gasteiger partial charge in [0.15, 0.2) is 0 Å². The summed E-state index contributed by atoms with van der Waals surface area (Å²) in [6, 6.07) is 20.2. The van der Waals surface area contributed by atoms with Crippen LogP contribution >= 0.6 is 0 Å². The van der Waals surface area contributed by atoms with Gasteiger partial charge in [-0.25, -0.2) is 9.78 Å². The van der Waals surface area contributed by atoms with Gasteiger partial charge in [-0.2, -0.15) is 4.98 Å². The molecule has 0 saturated heterocycles. The molecule has 2 aromatic heterocycles. The molecule has 0 radical (unpaired) electrons. The van der Waals surface area contributed by atoms with E-state index in [-0.39, 0.29) is 6.03 Å². The number of benzene rings is 2. The normalized spacial score (nSPS) is 10.5. The van der Waals surface area contributed by atoms with Crippen molar-refractivity contribution in [3.8, 4) is 17.4 Å². The third-order valence-corrected chi connectivity index (χ3v) is 4.65. The molecule has 0 atom stereocenters. The van der Waals surface area contributed by atoms with Gasteiger partial charge in [-0.15, -0.1) is 0 Å². The maximum Gasteiger partial charge on any atom is 0.323 e. The molecule has 7 nitrogen and oxygen atoms in total. The van der Waals surface area contributed by atoms with Crippen molar-refractivity contribution >= 4 is 17.4 Å². The molecule has 0 fully saturated rings. The van der Waals surface area contributed by atoms with Crippen molar-refractivity contribution in [2.75, 3.05) is 10.6 Å². The number of anilines is 2. The molecular formula is C24H23N5O2. The number of urea groups is 1. The van der Waals surface area contributed by atoms with Gasteiger partial charge in [0, 0.05) is 29.8 Å². The van der Waals surface area contributed by atoms with E-state index < -0.39 is 0 Å². The second kappa shape index (κ2) is 9.13. The number of carbonyl (C=O) groups excluding carboxylic acids is 1. The van der Waals surface area contributed by atoms with Crippen molar-refractivity contribution in [2.45, 2.75) is 20.3 Å². The first-order valence-electron chi connectivity index (χ1n) is 10.0. The molecule has 4 rings (SSSR count). The number of aromatic nitrogens is 3. The van der Waals surface area contributed by atoms with E-state index in [9.17, 15) is 4.79 Å². The van der Waals surface area contributed by atoms with E-state index in [1.807, 2.05) is 60.3 Å². The van der Waals surface area contributed by atoms with Crippen molar-refractivity contribution in [2.24, 2.45) is 0 Å². The monoisotopic (exact) mass is 413 g/mol. The van der Waals surface area contributed by atoms with Crippen molar-refractivity contribution in [1.29, 1.82) is 0 Å². The number of nitrogens with zero attached hydrogens (tertiary/aromatic N) is 3. The smallest absolute Gasteiger partial charge is 0.323 e. The van der Waals surface area contributed by atoms with Crippen LogP contribution in [0.15, 0.2) is 79.1 Å². The summed E-state index contributed by atoms with van der Waals surface area (Å²) in [6.07, 6.45) is 4.67. The molecular weight excluding hydrogens is 390 g/mol. The van der Waals surface area contributed by atoms with E-state index in [0.29, 0.717) is 23.1 Å². The Morgan fingerprint density at radius 3 is 2.45 bits per heavy atom. The average molecular weight is 413 g/mol. The fourth-order valence-electron chi connectivity index (χ4n) is 3.16. The predicted molar refractivity (Wildman–Crippen MR) is 121 cm³/mol. The second-order valence-electron chi connectivity index (χ2n) is 6.92. The van der Waals surface area contributed by atoms with Crippen LogP contribution < -0.4 is 15.4 Å². The zero-order valence-electron chi connectivity index (χ0n) is 17.4. The minimum atomic E-state index is -0.294. The number of para-hydroxylation sites is 1. The number of hydrogen-bond donors (Lipinski definition) is 2. The van der Waals surface area contributed by atoms with Crippen LogP contribution in [-0.2, 0) is 6.42 Å². The number of rotatable bonds is 6. The Bertz CT molecular complexity index is 1170. The van der Waals surface area contributed by atoms with Gasteiger partial charge >= 0.3 is 6.03 Å². The summed E-state index contributed by atoms with van der Waals surface area (Å²) >= 11 is 0. The number of ether oxygens (including phenoxy) is 1. The fourth-order valence-corrected chi connectivity index (χ4v) is 3.16. The van der Waals surface area contributed by atoms with E-state index >= 15 is 0 Å². The lowest BCUT2D eigenvalue weighted by molar-refractivity contribution is 0.262. The van der Waals surface area contributed by atoms with Crippen LogP contribution in [0.4, 0.5) is 16.2 Å². The van der Waals surface area contributed by atoms with Gasteiger partial charge in [-0.1, -0.05) is 25.1 Å². The molecule has 0 unspecified atom stereocenters. The molecule has 0 bridgehead atoms. The maximum atomic E-state index is 12.3. The Kier molecular flexibility index (Phi) is 5.93. The molecule has 7 heteroatoms. The van der Waals surface area contributed by atoms with Crippen molar-refractivity contribution in [3.63, 3.8) is 0 Å². The highest BCUT2D eigenvalue weighted by molar-refractivity contribution is 6.00. The molecule has 31 heavy (non-hydrogen) atoms. The molecule has 156 valence electrons. The first-order valence-corrected chi connectivity index (χ1v) is 10.0. The number of nitrogens with one attached hydrogen (secondary N) is 2. The quantitative estimate of drug-likeness (QED) is 0.433. The highest BCUT2D eigenvalue weighted by atomic mass is 16.5. The Labute approximate surface area is 180 Å². The Hall–Kier alpha value is -4.13. The molecule has 0 saturated carbocycles. The molecule has 2 heterocycles. The topological polar surface area (TPSA) is 81.1 Å². The predicted octanol–water partition coefficient (Wildman–Crippen LogP) is 5.57. The van der Waals surface area contributed by atoms with E-state index in [1.54, 1.807) is 30.3 Å². The van der Waals surface area contributed by atoms with Crippen molar-refractivity contribution < 1.29 is 9.53 Å². The lowest BCUT2D eigenvalue weighted by Crippen LogP contribution is -2.20. The van der Waals surface area contributed by atoms with Crippen LogP contribution in [0.1, 0.15) is 18.3 Å². The second-order valence-corrected chi connectivity index (χ2v) is 6.92. The van der Waals surface area contributed by atoms with Crippen LogP contribution in [0.2, 0.25) is 0 Å². The number of carbonyl (C=O) groups is 1. The molecule has 2 aromatic carbocycles. The summed E-state index contributed by atoms with van der Waals surface area (Å²) < 4.78 is 7.78. The van der Waals surface area contributed by atoms with Crippen LogP contribution in [0.5, 0.6) is 11.6 Å². The van der Waals surface area contributed by atoms with Crippen molar-refractivity contribution in [3.05, 3.63) is 90.5 Å². The first kappa shape index (κ1) is 20.2. The summed E-state index contributed by atoms with van der Waals surface area (Å²) in [5.41, 5.74) is 2.55. The SMILES string of the molecule is CCc1ccccc1NC(=O)Nc1ccc(Oc2cc(-n3cccc3)nc(C)n2)cc1. The lowest BCUT2D eigenvalue weighted by Gasteiger charge is -2.12. The largest absolute Gasteiger partial charge is 0.439 e. The number of amides is 2. The summed E-state index contributed by atoms with van der Waals surface area (Å²) in [5, 5.41) is 5.72. The van der Waals surface area contributed by atoms with E-state index in [2.05, 4.69) is 27.5 Å².